The van der Waals surface area contributed by atoms with Gasteiger partial charge in [0.1, 0.15) is 6.61 Å². The maximum Gasteiger partial charge on any atom is 0.264 e. The van der Waals surface area contributed by atoms with Gasteiger partial charge in [-0.25, -0.2) is 23.1 Å². The van der Waals surface area contributed by atoms with E-state index in [-0.39, 0.29) is 16.8 Å². The summed E-state index contributed by atoms with van der Waals surface area (Å²) in [4.78, 5) is 20.7. The largest absolute Gasteiger partial charge is 0.493 e. The summed E-state index contributed by atoms with van der Waals surface area (Å²) < 4.78 is 39.1. The van der Waals surface area contributed by atoms with Crippen LogP contribution in [0.4, 0.5) is 11.6 Å². The molecule has 39 heavy (non-hydrogen) atoms. The number of aryl methyl sites for hydroxylation is 2. The number of rotatable bonds is 10. The summed E-state index contributed by atoms with van der Waals surface area (Å²) in [5, 5.41) is 2.71. The number of carbonyl (C=O) groups is 1. The molecule has 0 saturated heterocycles. The molecule has 0 fully saturated rings. The molecule has 0 radical (unpaired) electrons. The third-order valence-corrected chi connectivity index (χ3v) is 6.84. The number of nitrogens with zero attached hydrogens (tertiary/aromatic N) is 2. The first-order valence-corrected chi connectivity index (χ1v) is 13.5. The maximum atomic E-state index is 12.7. The molecule has 0 aliphatic rings. The minimum absolute atomic E-state index is 0.00226. The van der Waals surface area contributed by atoms with Crippen LogP contribution in [-0.4, -0.2) is 31.4 Å². The lowest BCUT2D eigenvalue weighted by Crippen LogP contribution is -2.16. The number of sulfonamides is 1. The molecule has 10 heteroatoms. The number of anilines is 2. The summed E-state index contributed by atoms with van der Waals surface area (Å²) >= 11 is 0. The van der Waals surface area contributed by atoms with Gasteiger partial charge in [-0.1, -0.05) is 36.4 Å². The van der Waals surface area contributed by atoms with Gasteiger partial charge in [-0.3, -0.25) is 4.79 Å². The Labute approximate surface area is 227 Å². The van der Waals surface area contributed by atoms with Crippen molar-refractivity contribution in [2.75, 3.05) is 17.1 Å². The van der Waals surface area contributed by atoms with Crippen LogP contribution in [0.25, 0.3) is 6.08 Å². The van der Waals surface area contributed by atoms with Crippen molar-refractivity contribution in [2.24, 2.45) is 0 Å². The van der Waals surface area contributed by atoms with E-state index >= 15 is 0 Å². The van der Waals surface area contributed by atoms with E-state index in [2.05, 4.69) is 20.0 Å². The summed E-state index contributed by atoms with van der Waals surface area (Å²) in [6.45, 7) is 3.92. The Morgan fingerprint density at radius 2 is 1.59 bits per heavy atom. The van der Waals surface area contributed by atoms with Crippen molar-refractivity contribution >= 4 is 33.6 Å². The smallest absolute Gasteiger partial charge is 0.264 e. The molecule has 0 spiro atoms. The molecule has 3 aromatic carbocycles. The second kappa shape index (κ2) is 12.2. The van der Waals surface area contributed by atoms with Crippen molar-refractivity contribution < 1.29 is 22.7 Å². The Hall–Kier alpha value is -4.70. The van der Waals surface area contributed by atoms with Gasteiger partial charge >= 0.3 is 0 Å². The van der Waals surface area contributed by atoms with Gasteiger partial charge in [0.15, 0.2) is 11.5 Å². The summed E-state index contributed by atoms with van der Waals surface area (Å²) in [5.41, 5.74) is 3.52. The molecule has 0 saturated carbocycles. The minimum Gasteiger partial charge on any atom is -0.493 e. The lowest BCUT2D eigenvalue weighted by atomic mass is 10.2. The van der Waals surface area contributed by atoms with E-state index in [0.29, 0.717) is 35.2 Å². The lowest BCUT2D eigenvalue weighted by molar-refractivity contribution is -0.111. The molecule has 4 aromatic rings. The summed E-state index contributed by atoms with van der Waals surface area (Å²) in [5.74, 6) is 0.764. The number of methoxy groups -OCH3 is 1. The van der Waals surface area contributed by atoms with E-state index in [1.165, 1.54) is 30.3 Å². The fourth-order valence-electron chi connectivity index (χ4n) is 3.67. The van der Waals surface area contributed by atoms with Crippen LogP contribution in [0.1, 0.15) is 22.5 Å². The van der Waals surface area contributed by atoms with E-state index in [9.17, 15) is 13.2 Å². The third-order valence-electron chi connectivity index (χ3n) is 5.49. The number of amides is 1. The van der Waals surface area contributed by atoms with E-state index in [1.54, 1.807) is 45.2 Å². The lowest BCUT2D eigenvalue weighted by Gasteiger charge is -2.11. The van der Waals surface area contributed by atoms with Gasteiger partial charge in [0.25, 0.3) is 10.0 Å². The van der Waals surface area contributed by atoms with Crippen LogP contribution in [-0.2, 0) is 21.4 Å². The second-order valence-electron chi connectivity index (χ2n) is 8.61. The zero-order valence-corrected chi connectivity index (χ0v) is 22.5. The monoisotopic (exact) mass is 544 g/mol. The van der Waals surface area contributed by atoms with Gasteiger partial charge in [-0.2, -0.15) is 0 Å². The number of benzene rings is 3. The quantitative estimate of drug-likeness (QED) is 0.266. The standard InChI is InChI=1S/C29H28N4O5S/c1-20-17-21(2)31-29(30-20)33-39(35,36)25-13-11-24(12-14-25)32-28(34)16-10-22-9-15-26(27(18-22)37-3)38-19-23-7-5-4-6-8-23/h4-18H,19H2,1-3H3,(H,32,34)(H,30,31,33). The van der Waals surface area contributed by atoms with E-state index < -0.39 is 10.0 Å². The number of carbonyl (C=O) groups excluding carboxylic acids is 1. The van der Waals surface area contributed by atoms with Gasteiger partial charge in [0, 0.05) is 23.2 Å². The third kappa shape index (κ3) is 7.65. The number of hydrogen-bond acceptors (Lipinski definition) is 7. The Kier molecular flexibility index (Phi) is 8.57. The van der Waals surface area contributed by atoms with Crippen LogP contribution in [0.5, 0.6) is 11.5 Å². The normalized spacial score (nSPS) is 11.3. The van der Waals surface area contributed by atoms with Gasteiger partial charge < -0.3 is 14.8 Å². The highest BCUT2D eigenvalue weighted by molar-refractivity contribution is 7.92. The van der Waals surface area contributed by atoms with Crippen LogP contribution in [0.2, 0.25) is 0 Å². The predicted octanol–water partition coefficient (Wildman–Crippen LogP) is 5.13. The van der Waals surface area contributed by atoms with Gasteiger partial charge in [0.05, 0.1) is 12.0 Å². The Balaban J connectivity index is 1.36. The molecular formula is C29H28N4O5S. The molecule has 200 valence electrons. The average molecular weight is 545 g/mol. The van der Waals surface area contributed by atoms with Gasteiger partial charge in [-0.15, -0.1) is 0 Å². The van der Waals surface area contributed by atoms with Crippen molar-refractivity contribution in [3.63, 3.8) is 0 Å². The number of aromatic nitrogens is 2. The summed E-state index contributed by atoms with van der Waals surface area (Å²) in [6.07, 6.45) is 3.02. The first kappa shape index (κ1) is 27.3. The molecule has 0 aliphatic carbocycles. The topological polar surface area (TPSA) is 120 Å². The van der Waals surface area contributed by atoms with Crippen LogP contribution in [0.3, 0.4) is 0 Å². The maximum absolute atomic E-state index is 12.7. The zero-order valence-electron chi connectivity index (χ0n) is 21.7. The Morgan fingerprint density at radius 1 is 0.897 bits per heavy atom. The molecule has 1 amide bonds. The zero-order chi connectivity index (χ0) is 27.8. The highest BCUT2D eigenvalue weighted by Crippen LogP contribution is 2.29. The van der Waals surface area contributed by atoms with E-state index in [4.69, 9.17) is 9.47 Å². The molecule has 1 aromatic heterocycles. The van der Waals surface area contributed by atoms with Crippen LogP contribution in [0, 0.1) is 13.8 Å². The van der Waals surface area contributed by atoms with Crippen molar-refractivity contribution in [3.05, 3.63) is 107 Å². The first-order chi connectivity index (χ1) is 18.7. The van der Waals surface area contributed by atoms with Crippen LogP contribution < -0.4 is 19.5 Å². The molecule has 1 heterocycles. The number of hydrogen-bond donors (Lipinski definition) is 2. The number of ether oxygens (including phenoxy) is 2. The SMILES string of the molecule is COc1cc(C=CC(=O)Nc2ccc(S(=O)(=O)Nc3nc(C)cc(C)n3)cc2)ccc1OCc1ccccc1. The van der Waals surface area contributed by atoms with Crippen molar-refractivity contribution in [3.8, 4) is 11.5 Å². The molecule has 0 atom stereocenters. The molecule has 4 rings (SSSR count). The van der Waals surface area contributed by atoms with Crippen molar-refractivity contribution in [2.45, 2.75) is 25.3 Å². The summed E-state index contributed by atoms with van der Waals surface area (Å²) in [7, 11) is -2.34. The molecule has 2 N–H and O–H groups in total. The van der Waals surface area contributed by atoms with E-state index in [1.807, 2.05) is 36.4 Å². The summed E-state index contributed by atoms with van der Waals surface area (Å²) in [6, 6.07) is 22.7. The molecule has 0 bridgehead atoms. The Morgan fingerprint density at radius 3 is 2.26 bits per heavy atom. The van der Waals surface area contributed by atoms with Crippen molar-refractivity contribution in [1.82, 2.24) is 9.97 Å². The van der Waals surface area contributed by atoms with E-state index in [0.717, 1.165) is 11.1 Å². The fourth-order valence-corrected chi connectivity index (χ4v) is 4.61. The predicted molar refractivity (Wildman–Crippen MR) is 150 cm³/mol. The molecule has 9 nitrogen and oxygen atoms in total. The molecule has 0 aliphatic heterocycles. The Bertz CT molecular complexity index is 1570. The molecule has 0 unspecified atom stereocenters. The van der Waals surface area contributed by atoms with Gasteiger partial charge in [-0.05, 0) is 73.5 Å². The minimum atomic E-state index is -3.89. The average Bonchev–Trinajstić information content (AvgIpc) is 2.91. The van der Waals surface area contributed by atoms with Crippen LogP contribution in [0.15, 0.2) is 89.8 Å². The van der Waals surface area contributed by atoms with Gasteiger partial charge in [0.2, 0.25) is 11.9 Å². The second-order valence-corrected chi connectivity index (χ2v) is 10.3. The molecular weight excluding hydrogens is 516 g/mol. The van der Waals surface area contributed by atoms with Crippen molar-refractivity contribution in [1.29, 1.82) is 0 Å². The first-order valence-electron chi connectivity index (χ1n) is 12.0. The van der Waals surface area contributed by atoms with Crippen LogP contribution >= 0.6 is 0 Å². The number of nitrogens with one attached hydrogen (secondary N) is 2. The highest BCUT2D eigenvalue weighted by Gasteiger charge is 2.16. The fraction of sp³-hybridized carbons (Fsp3) is 0.138. The highest BCUT2D eigenvalue weighted by atomic mass is 32.2.